The molecule has 0 aliphatic carbocycles. The number of carbonyl (C=O) groups excluding carboxylic acids is 3. The van der Waals surface area contributed by atoms with E-state index in [0.29, 0.717) is 30.4 Å². The zero-order chi connectivity index (χ0) is 19.9. The molecular weight excluding hydrogens is 364 g/mol. The van der Waals surface area contributed by atoms with E-state index in [1.54, 1.807) is 36.4 Å². The second-order valence-corrected chi connectivity index (χ2v) is 6.69. The lowest BCUT2D eigenvalue weighted by Crippen LogP contribution is -2.44. The van der Waals surface area contributed by atoms with E-state index in [9.17, 15) is 19.5 Å². The maximum Gasteiger partial charge on any atom is 0.264 e. The lowest BCUT2D eigenvalue weighted by atomic mass is 9.88. The average Bonchev–Trinajstić information content (AvgIpc) is 2.89. The summed E-state index contributed by atoms with van der Waals surface area (Å²) >= 11 is 0. The summed E-state index contributed by atoms with van der Waals surface area (Å²) in [7, 11) is 0. The molecule has 0 bridgehead atoms. The van der Waals surface area contributed by atoms with Crippen molar-refractivity contribution in [2.45, 2.75) is 12.0 Å². The van der Waals surface area contributed by atoms with Crippen molar-refractivity contribution in [3.05, 3.63) is 53.6 Å². The van der Waals surface area contributed by atoms with Gasteiger partial charge in [0, 0.05) is 11.1 Å². The first-order chi connectivity index (χ1) is 13.4. The van der Waals surface area contributed by atoms with Gasteiger partial charge in [0.05, 0.1) is 12.1 Å². The SMILES string of the molecule is NC(=O)CN1C(=O)[C@](O)(CC(=O)c2ccc3c(c2)OCCO3)c2ccccc21. The van der Waals surface area contributed by atoms with Gasteiger partial charge in [-0.1, -0.05) is 18.2 Å². The summed E-state index contributed by atoms with van der Waals surface area (Å²) in [5.41, 5.74) is 4.08. The number of rotatable bonds is 5. The fourth-order valence-corrected chi connectivity index (χ4v) is 3.54. The van der Waals surface area contributed by atoms with Crippen LogP contribution in [0.2, 0.25) is 0 Å². The molecule has 8 nitrogen and oxygen atoms in total. The summed E-state index contributed by atoms with van der Waals surface area (Å²) in [5, 5.41) is 11.1. The molecule has 144 valence electrons. The molecule has 0 radical (unpaired) electrons. The van der Waals surface area contributed by atoms with Crippen molar-refractivity contribution >= 4 is 23.3 Å². The number of fused-ring (bicyclic) bond motifs is 2. The summed E-state index contributed by atoms with van der Waals surface area (Å²) in [4.78, 5) is 38.2. The van der Waals surface area contributed by atoms with Gasteiger partial charge >= 0.3 is 0 Å². The number of hydrogen-bond acceptors (Lipinski definition) is 6. The van der Waals surface area contributed by atoms with Crippen molar-refractivity contribution in [2.24, 2.45) is 5.73 Å². The van der Waals surface area contributed by atoms with Crippen LogP contribution in [0, 0.1) is 0 Å². The number of para-hydroxylation sites is 1. The Labute approximate surface area is 160 Å². The fourth-order valence-electron chi connectivity index (χ4n) is 3.54. The molecule has 0 aromatic heterocycles. The summed E-state index contributed by atoms with van der Waals surface area (Å²) < 4.78 is 10.9. The number of ether oxygens (including phenoxy) is 2. The lowest BCUT2D eigenvalue weighted by molar-refractivity contribution is -0.136. The zero-order valence-electron chi connectivity index (χ0n) is 14.9. The molecule has 3 N–H and O–H groups in total. The van der Waals surface area contributed by atoms with Crippen LogP contribution in [-0.4, -0.2) is 42.5 Å². The highest BCUT2D eigenvalue weighted by molar-refractivity contribution is 6.12. The topological polar surface area (TPSA) is 119 Å². The van der Waals surface area contributed by atoms with E-state index in [-0.39, 0.29) is 17.7 Å². The molecule has 4 rings (SSSR count). The number of nitrogens with two attached hydrogens (primary N) is 1. The number of Topliss-reactive ketones (excluding diaryl/α,β-unsaturated/α-hetero) is 1. The van der Waals surface area contributed by atoms with E-state index < -0.39 is 29.6 Å². The normalized spacial score (nSPS) is 20.0. The minimum absolute atomic E-state index is 0.271. The molecule has 2 aliphatic heterocycles. The maximum absolute atomic E-state index is 12.9. The maximum atomic E-state index is 12.9. The predicted molar refractivity (Wildman–Crippen MR) is 98.3 cm³/mol. The highest BCUT2D eigenvalue weighted by Gasteiger charge is 2.51. The van der Waals surface area contributed by atoms with Crippen LogP contribution in [0.1, 0.15) is 22.3 Å². The number of primary amides is 1. The van der Waals surface area contributed by atoms with Gasteiger partial charge in [0.1, 0.15) is 19.8 Å². The Bertz CT molecular complexity index is 988. The molecule has 2 aliphatic rings. The van der Waals surface area contributed by atoms with Crippen LogP contribution >= 0.6 is 0 Å². The molecule has 2 amide bonds. The summed E-state index contributed by atoms with van der Waals surface area (Å²) in [6.45, 7) is 0.430. The van der Waals surface area contributed by atoms with Crippen molar-refractivity contribution in [1.82, 2.24) is 0 Å². The molecule has 2 aromatic rings. The largest absolute Gasteiger partial charge is 0.486 e. The second kappa shape index (κ2) is 6.65. The minimum Gasteiger partial charge on any atom is -0.486 e. The van der Waals surface area contributed by atoms with E-state index in [1.165, 1.54) is 6.07 Å². The number of aliphatic hydroxyl groups is 1. The van der Waals surface area contributed by atoms with Gasteiger partial charge in [0.2, 0.25) is 5.91 Å². The first-order valence-electron chi connectivity index (χ1n) is 8.75. The molecule has 8 heteroatoms. The van der Waals surface area contributed by atoms with Crippen LogP contribution in [0.25, 0.3) is 0 Å². The number of nitrogens with zero attached hydrogens (tertiary/aromatic N) is 1. The Morgan fingerprint density at radius 1 is 1.11 bits per heavy atom. The standard InChI is InChI=1S/C20H18N2O6/c21-18(24)11-22-14-4-2-1-3-13(14)20(26,19(22)25)10-15(23)12-5-6-16-17(9-12)28-8-7-27-16/h1-6,9,26H,7-8,10-11H2,(H2,21,24)/t20-/m0/s1. The highest BCUT2D eigenvalue weighted by Crippen LogP contribution is 2.43. The molecule has 1 atom stereocenters. The van der Waals surface area contributed by atoms with Crippen molar-refractivity contribution in [2.75, 3.05) is 24.7 Å². The highest BCUT2D eigenvalue weighted by atomic mass is 16.6. The Hall–Kier alpha value is -3.39. The average molecular weight is 382 g/mol. The molecule has 0 fully saturated rings. The predicted octanol–water partition coefficient (Wildman–Crippen LogP) is 0.750. The van der Waals surface area contributed by atoms with Gasteiger partial charge in [-0.3, -0.25) is 19.3 Å². The van der Waals surface area contributed by atoms with Crippen LogP contribution in [0.15, 0.2) is 42.5 Å². The Balaban J connectivity index is 1.66. The third kappa shape index (κ3) is 2.87. The van der Waals surface area contributed by atoms with E-state index in [0.717, 1.165) is 4.90 Å². The monoisotopic (exact) mass is 382 g/mol. The van der Waals surface area contributed by atoms with Crippen molar-refractivity contribution < 1.29 is 29.0 Å². The molecule has 0 spiro atoms. The quantitative estimate of drug-likeness (QED) is 0.737. The Morgan fingerprint density at radius 3 is 2.57 bits per heavy atom. The molecule has 0 saturated carbocycles. The van der Waals surface area contributed by atoms with Crippen LogP contribution in [0.3, 0.4) is 0 Å². The van der Waals surface area contributed by atoms with Crippen molar-refractivity contribution in [1.29, 1.82) is 0 Å². The third-order valence-electron chi connectivity index (χ3n) is 4.83. The second-order valence-electron chi connectivity index (χ2n) is 6.69. The Morgan fingerprint density at radius 2 is 1.82 bits per heavy atom. The number of ketones is 1. The number of anilines is 1. The molecule has 0 saturated heterocycles. The van der Waals surface area contributed by atoms with E-state index in [1.807, 2.05) is 0 Å². The van der Waals surface area contributed by atoms with Gasteiger partial charge in [-0.2, -0.15) is 0 Å². The molecule has 2 aromatic carbocycles. The number of hydrogen-bond donors (Lipinski definition) is 2. The van der Waals surface area contributed by atoms with E-state index in [2.05, 4.69) is 0 Å². The van der Waals surface area contributed by atoms with Crippen molar-refractivity contribution in [3.8, 4) is 11.5 Å². The first kappa shape index (κ1) is 18.0. The van der Waals surface area contributed by atoms with Gasteiger partial charge in [0.25, 0.3) is 5.91 Å². The van der Waals surface area contributed by atoms with Crippen molar-refractivity contribution in [3.63, 3.8) is 0 Å². The smallest absolute Gasteiger partial charge is 0.264 e. The third-order valence-corrected chi connectivity index (χ3v) is 4.83. The zero-order valence-corrected chi connectivity index (χ0v) is 14.9. The lowest BCUT2D eigenvalue weighted by Gasteiger charge is -2.23. The number of carbonyl (C=O) groups is 3. The van der Waals surface area contributed by atoms with Gasteiger partial charge in [-0.25, -0.2) is 0 Å². The van der Waals surface area contributed by atoms with Crippen LogP contribution < -0.4 is 20.1 Å². The number of amides is 2. The van der Waals surface area contributed by atoms with Gasteiger partial charge in [-0.05, 0) is 24.3 Å². The molecular formula is C20H18N2O6. The van der Waals surface area contributed by atoms with Crippen LogP contribution in [0.5, 0.6) is 11.5 Å². The van der Waals surface area contributed by atoms with Crippen LogP contribution in [0.4, 0.5) is 5.69 Å². The Kier molecular flexibility index (Phi) is 4.27. The van der Waals surface area contributed by atoms with Gasteiger partial charge in [0.15, 0.2) is 22.9 Å². The molecule has 28 heavy (non-hydrogen) atoms. The molecule has 2 heterocycles. The van der Waals surface area contributed by atoms with E-state index >= 15 is 0 Å². The van der Waals surface area contributed by atoms with Crippen LogP contribution in [-0.2, 0) is 15.2 Å². The van der Waals surface area contributed by atoms with Gasteiger partial charge in [-0.15, -0.1) is 0 Å². The van der Waals surface area contributed by atoms with E-state index in [4.69, 9.17) is 15.2 Å². The van der Waals surface area contributed by atoms with Gasteiger partial charge < -0.3 is 20.3 Å². The first-order valence-corrected chi connectivity index (χ1v) is 8.75. The molecule has 0 unspecified atom stereocenters. The summed E-state index contributed by atoms with van der Waals surface area (Å²) in [5.74, 6) is -0.929. The summed E-state index contributed by atoms with van der Waals surface area (Å²) in [6, 6.07) is 11.2. The fraction of sp³-hybridized carbons (Fsp3) is 0.250. The summed E-state index contributed by atoms with van der Waals surface area (Å²) in [6.07, 6.45) is -0.474. The minimum atomic E-state index is -2.07. The number of benzene rings is 2.